The first-order valence-corrected chi connectivity index (χ1v) is 4.57. The van der Waals surface area contributed by atoms with Gasteiger partial charge >= 0.3 is 0 Å². The fourth-order valence-electron chi connectivity index (χ4n) is 0.793. The fourth-order valence-corrected chi connectivity index (χ4v) is 1.53. The lowest BCUT2D eigenvalue weighted by molar-refractivity contribution is 0.559. The van der Waals surface area contributed by atoms with Crippen LogP contribution < -0.4 is 5.73 Å². The predicted molar refractivity (Wildman–Crippen MR) is 47.5 cm³/mol. The first-order valence-electron chi connectivity index (χ1n) is 3.80. The standard InChI is InChI=1S/C7H13N3S/c1-3-5(2)4-6-9-7(8)10-11-6/h5H,3-4H2,1-2H3,(H2,8,10). The summed E-state index contributed by atoms with van der Waals surface area (Å²) in [6.45, 7) is 4.38. The molecule has 1 rings (SSSR count). The highest BCUT2D eigenvalue weighted by Crippen LogP contribution is 2.13. The van der Waals surface area contributed by atoms with E-state index in [-0.39, 0.29) is 0 Å². The lowest BCUT2D eigenvalue weighted by Crippen LogP contribution is -1.97. The van der Waals surface area contributed by atoms with Gasteiger partial charge < -0.3 is 5.73 Å². The Hall–Kier alpha value is -0.640. The molecule has 11 heavy (non-hydrogen) atoms. The van der Waals surface area contributed by atoms with Gasteiger partial charge in [-0.3, -0.25) is 0 Å². The van der Waals surface area contributed by atoms with Gasteiger partial charge in [-0.15, -0.1) is 0 Å². The van der Waals surface area contributed by atoms with Crippen LogP contribution in [0.5, 0.6) is 0 Å². The molecule has 0 bridgehead atoms. The number of anilines is 1. The minimum atomic E-state index is 0.410. The van der Waals surface area contributed by atoms with Gasteiger partial charge in [0.2, 0.25) is 5.95 Å². The quantitative estimate of drug-likeness (QED) is 0.753. The highest BCUT2D eigenvalue weighted by molar-refractivity contribution is 7.05. The van der Waals surface area contributed by atoms with Gasteiger partial charge in [-0.1, -0.05) is 20.3 Å². The molecule has 2 N–H and O–H groups in total. The summed E-state index contributed by atoms with van der Waals surface area (Å²) in [5, 5.41) is 1.05. The molecule has 0 radical (unpaired) electrons. The van der Waals surface area contributed by atoms with E-state index < -0.39 is 0 Å². The van der Waals surface area contributed by atoms with Crippen LogP contribution >= 0.6 is 11.5 Å². The van der Waals surface area contributed by atoms with Crippen molar-refractivity contribution in [1.82, 2.24) is 9.36 Å². The summed E-state index contributed by atoms with van der Waals surface area (Å²) < 4.78 is 3.91. The van der Waals surface area contributed by atoms with E-state index in [9.17, 15) is 0 Å². The van der Waals surface area contributed by atoms with E-state index in [0.717, 1.165) is 11.4 Å². The van der Waals surface area contributed by atoms with Crippen LogP contribution in [-0.4, -0.2) is 9.36 Å². The topological polar surface area (TPSA) is 51.8 Å². The number of hydrogen-bond donors (Lipinski definition) is 1. The van der Waals surface area contributed by atoms with Gasteiger partial charge in [-0.25, -0.2) is 4.98 Å². The second kappa shape index (κ2) is 3.67. The number of aromatic nitrogens is 2. The third-order valence-electron chi connectivity index (χ3n) is 1.70. The predicted octanol–water partition coefficient (Wildman–Crippen LogP) is 1.71. The molecule has 0 amide bonds. The largest absolute Gasteiger partial charge is 0.367 e. The van der Waals surface area contributed by atoms with Gasteiger partial charge in [0.25, 0.3) is 0 Å². The number of rotatable bonds is 3. The molecule has 0 aliphatic carbocycles. The van der Waals surface area contributed by atoms with E-state index in [1.54, 1.807) is 0 Å². The van der Waals surface area contributed by atoms with E-state index in [1.165, 1.54) is 18.0 Å². The van der Waals surface area contributed by atoms with E-state index in [0.29, 0.717) is 11.9 Å². The molecule has 0 aromatic carbocycles. The maximum Gasteiger partial charge on any atom is 0.232 e. The summed E-state index contributed by atoms with van der Waals surface area (Å²) in [6, 6.07) is 0. The smallest absolute Gasteiger partial charge is 0.232 e. The summed E-state index contributed by atoms with van der Waals surface area (Å²) in [5.74, 6) is 1.09. The van der Waals surface area contributed by atoms with Crippen molar-refractivity contribution < 1.29 is 0 Å². The van der Waals surface area contributed by atoms with Gasteiger partial charge in [0.1, 0.15) is 5.01 Å². The summed E-state index contributed by atoms with van der Waals surface area (Å²) in [5.41, 5.74) is 5.38. The normalized spacial score (nSPS) is 13.3. The maximum atomic E-state index is 5.38. The van der Waals surface area contributed by atoms with Crippen molar-refractivity contribution in [3.05, 3.63) is 5.01 Å². The van der Waals surface area contributed by atoms with Crippen LogP contribution in [0.4, 0.5) is 5.95 Å². The molecule has 0 saturated heterocycles. The molecule has 1 atom stereocenters. The lowest BCUT2D eigenvalue weighted by Gasteiger charge is -2.02. The minimum Gasteiger partial charge on any atom is -0.367 e. The van der Waals surface area contributed by atoms with Crippen LogP contribution in [-0.2, 0) is 6.42 Å². The highest BCUT2D eigenvalue weighted by atomic mass is 32.1. The minimum absolute atomic E-state index is 0.410. The van der Waals surface area contributed by atoms with Crippen LogP contribution in [0.1, 0.15) is 25.3 Å². The Morgan fingerprint density at radius 3 is 2.82 bits per heavy atom. The Balaban J connectivity index is 2.50. The Kier molecular flexibility index (Phi) is 2.82. The molecule has 0 saturated carbocycles. The van der Waals surface area contributed by atoms with Crippen LogP contribution in [0.15, 0.2) is 0 Å². The van der Waals surface area contributed by atoms with Crippen molar-refractivity contribution in [2.75, 3.05) is 5.73 Å². The molecule has 1 heterocycles. The Morgan fingerprint density at radius 1 is 1.64 bits per heavy atom. The van der Waals surface area contributed by atoms with Crippen LogP contribution in [0.3, 0.4) is 0 Å². The average molecular weight is 171 g/mol. The molecule has 62 valence electrons. The summed E-state index contributed by atoms with van der Waals surface area (Å²) >= 11 is 1.41. The van der Waals surface area contributed by atoms with E-state index in [2.05, 4.69) is 23.2 Å². The molecule has 1 aromatic heterocycles. The molecule has 4 heteroatoms. The van der Waals surface area contributed by atoms with Gasteiger partial charge in [0, 0.05) is 6.42 Å². The third kappa shape index (κ3) is 2.46. The maximum absolute atomic E-state index is 5.38. The number of nitrogens with zero attached hydrogens (tertiary/aromatic N) is 2. The highest BCUT2D eigenvalue weighted by Gasteiger charge is 2.04. The second-order valence-electron chi connectivity index (χ2n) is 2.76. The molecule has 0 spiro atoms. The molecule has 3 nitrogen and oxygen atoms in total. The van der Waals surface area contributed by atoms with Crippen LogP contribution in [0.25, 0.3) is 0 Å². The van der Waals surface area contributed by atoms with E-state index in [1.807, 2.05) is 0 Å². The summed E-state index contributed by atoms with van der Waals surface area (Å²) in [6.07, 6.45) is 2.19. The molecule has 1 unspecified atom stereocenters. The van der Waals surface area contributed by atoms with Crippen molar-refractivity contribution in [2.45, 2.75) is 26.7 Å². The molecular formula is C7H13N3S. The third-order valence-corrected chi connectivity index (χ3v) is 2.45. The monoisotopic (exact) mass is 171 g/mol. The summed E-state index contributed by atoms with van der Waals surface area (Å²) in [7, 11) is 0. The van der Waals surface area contributed by atoms with E-state index >= 15 is 0 Å². The molecule has 0 aliphatic heterocycles. The lowest BCUT2D eigenvalue weighted by atomic mass is 10.1. The van der Waals surface area contributed by atoms with Crippen molar-refractivity contribution in [1.29, 1.82) is 0 Å². The van der Waals surface area contributed by atoms with Crippen LogP contribution in [0, 0.1) is 5.92 Å². The number of nitrogens with two attached hydrogens (primary N) is 1. The van der Waals surface area contributed by atoms with Crippen molar-refractivity contribution in [3.8, 4) is 0 Å². The fraction of sp³-hybridized carbons (Fsp3) is 0.714. The zero-order valence-electron chi connectivity index (χ0n) is 6.87. The van der Waals surface area contributed by atoms with Gasteiger partial charge in [-0.2, -0.15) is 4.37 Å². The Bertz CT molecular complexity index is 221. The molecule has 0 fully saturated rings. The van der Waals surface area contributed by atoms with Crippen molar-refractivity contribution in [2.24, 2.45) is 5.92 Å². The first-order chi connectivity index (χ1) is 5.22. The van der Waals surface area contributed by atoms with Crippen LogP contribution in [0.2, 0.25) is 0 Å². The van der Waals surface area contributed by atoms with Gasteiger partial charge in [0.15, 0.2) is 0 Å². The average Bonchev–Trinajstić information content (AvgIpc) is 2.35. The first kappa shape index (κ1) is 8.46. The van der Waals surface area contributed by atoms with Crippen molar-refractivity contribution >= 4 is 17.5 Å². The zero-order chi connectivity index (χ0) is 8.27. The summed E-state index contributed by atoms with van der Waals surface area (Å²) in [4.78, 5) is 4.08. The second-order valence-corrected chi connectivity index (χ2v) is 3.60. The molecule has 1 aromatic rings. The zero-order valence-corrected chi connectivity index (χ0v) is 7.69. The Labute approximate surface area is 70.8 Å². The number of hydrogen-bond acceptors (Lipinski definition) is 4. The van der Waals surface area contributed by atoms with Crippen molar-refractivity contribution in [3.63, 3.8) is 0 Å². The van der Waals surface area contributed by atoms with Gasteiger partial charge in [0.05, 0.1) is 0 Å². The number of nitrogen functional groups attached to an aromatic ring is 1. The van der Waals surface area contributed by atoms with Gasteiger partial charge in [-0.05, 0) is 17.5 Å². The molecule has 0 aliphatic rings. The molecular weight excluding hydrogens is 158 g/mol. The SMILES string of the molecule is CCC(C)Cc1nc(N)ns1. The van der Waals surface area contributed by atoms with E-state index in [4.69, 9.17) is 5.73 Å². The Morgan fingerprint density at radius 2 is 2.36 bits per heavy atom.